The Balaban J connectivity index is 1.24. The van der Waals surface area contributed by atoms with Crippen LogP contribution in [-0.4, -0.2) is 41.2 Å². The van der Waals surface area contributed by atoms with Gasteiger partial charge in [-0.25, -0.2) is 4.98 Å². The maximum atomic E-state index is 6.12. The van der Waals surface area contributed by atoms with E-state index < -0.39 is 0 Å². The van der Waals surface area contributed by atoms with Gasteiger partial charge in [0.25, 0.3) is 0 Å². The summed E-state index contributed by atoms with van der Waals surface area (Å²) in [6, 6.07) is 16.2. The van der Waals surface area contributed by atoms with Crippen LogP contribution in [0.3, 0.4) is 0 Å². The van der Waals surface area contributed by atoms with Gasteiger partial charge in [-0.2, -0.15) is 0 Å². The number of aromatic nitrogens is 2. The number of nitrogens with zero attached hydrogens (tertiary/aromatic N) is 3. The minimum absolute atomic E-state index is 0.293. The van der Waals surface area contributed by atoms with Gasteiger partial charge in [-0.3, -0.25) is 9.88 Å². The van der Waals surface area contributed by atoms with Crippen LogP contribution in [0.15, 0.2) is 65.3 Å². The molecule has 33 heavy (non-hydrogen) atoms. The SMILES string of the molecule is COc1ccc(-c2nc(CN3CCC(OCc4cccnc4)CC3)c(C)o2)c2ccccc12. The molecule has 0 atom stereocenters. The molecular formula is C27H29N3O3. The Labute approximate surface area is 194 Å². The van der Waals surface area contributed by atoms with Crippen molar-refractivity contribution in [1.29, 1.82) is 0 Å². The fourth-order valence-electron chi connectivity index (χ4n) is 4.47. The van der Waals surface area contributed by atoms with Gasteiger partial charge in [0.15, 0.2) is 0 Å². The molecule has 170 valence electrons. The zero-order valence-corrected chi connectivity index (χ0v) is 19.2. The van der Waals surface area contributed by atoms with Gasteiger partial charge in [-0.1, -0.05) is 30.3 Å². The van der Waals surface area contributed by atoms with Gasteiger partial charge in [0.2, 0.25) is 5.89 Å². The van der Waals surface area contributed by atoms with Crippen LogP contribution < -0.4 is 4.74 Å². The number of hydrogen-bond acceptors (Lipinski definition) is 6. The van der Waals surface area contributed by atoms with Crippen molar-refractivity contribution in [3.63, 3.8) is 0 Å². The fourth-order valence-corrected chi connectivity index (χ4v) is 4.47. The van der Waals surface area contributed by atoms with Crippen LogP contribution in [0.4, 0.5) is 0 Å². The van der Waals surface area contributed by atoms with Crippen molar-refractivity contribution in [3.05, 3.63) is 77.9 Å². The van der Waals surface area contributed by atoms with Gasteiger partial charge in [-0.15, -0.1) is 0 Å². The number of rotatable bonds is 7. The summed E-state index contributed by atoms with van der Waals surface area (Å²) in [6.07, 6.45) is 5.99. The van der Waals surface area contributed by atoms with Crippen molar-refractivity contribution in [2.75, 3.05) is 20.2 Å². The second kappa shape index (κ2) is 9.73. The van der Waals surface area contributed by atoms with E-state index >= 15 is 0 Å². The van der Waals surface area contributed by atoms with E-state index in [-0.39, 0.29) is 0 Å². The lowest BCUT2D eigenvalue weighted by Gasteiger charge is -2.31. The van der Waals surface area contributed by atoms with Crippen LogP contribution in [0.5, 0.6) is 5.75 Å². The summed E-state index contributed by atoms with van der Waals surface area (Å²) in [7, 11) is 1.70. The highest BCUT2D eigenvalue weighted by Gasteiger charge is 2.22. The number of fused-ring (bicyclic) bond motifs is 1. The second-order valence-corrected chi connectivity index (χ2v) is 8.53. The standard InChI is InChI=1S/C27H29N3O3/c1-19-25(17-30-14-11-21(12-15-30)32-18-20-6-5-13-28-16-20)29-27(33-19)24-9-10-26(31-2)23-8-4-3-7-22(23)24/h3-10,13,16,21H,11-12,14-15,17-18H2,1-2H3. The van der Waals surface area contributed by atoms with Gasteiger partial charge in [0, 0.05) is 43.0 Å². The summed E-state index contributed by atoms with van der Waals surface area (Å²) in [5.41, 5.74) is 3.11. The van der Waals surface area contributed by atoms with E-state index in [9.17, 15) is 0 Å². The van der Waals surface area contributed by atoms with Crippen LogP contribution in [-0.2, 0) is 17.9 Å². The Morgan fingerprint density at radius 2 is 1.85 bits per heavy atom. The number of aryl methyl sites for hydroxylation is 1. The molecular weight excluding hydrogens is 414 g/mol. The molecule has 4 aromatic rings. The summed E-state index contributed by atoms with van der Waals surface area (Å²) >= 11 is 0. The third-order valence-corrected chi connectivity index (χ3v) is 6.34. The molecule has 0 aliphatic carbocycles. The number of oxazole rings is 1. The predicted molar refractivity (Wildman–Crippen MR) is 128 cm³/mol. The number of piperidine rings is 1. The molecule has 0 radical (unpaired) electrons. The van der Waals surface area contributed by atoms with Crippen molar-refractivity contribution >= 4 is 10.8 Å². The Morgan fingerprint density at radius 1 is 1.03 bits per heavy atom. The number of benzene rings is 2. The molecule has 3 heterocycles. The van der Waals surface area contributed by atoms with Gasteiger partial charge >= 0.3 is 0 Å². The normalized spacial score (nSPS) is 15.2. The number of ether oxygens (including phenoxy) is 2. The highest BCUT2D eigenvalue weighted by molar-refractivity contribution is 5.98. The highest BCUT2D eigenvalue weighted by Crippen LogP contribution is 2.35. The Morgan fingerprint density at radius 3 is 2.61 bits per heavy atom. The fraction of sp³-hybridized carbons (Fsp3) is 0.333. The molecule has 0 unspecified atom stereocenters. The van der Waals surface area contributed by atoms with E-state index in [4.69, 9.17) is 18.9 Å². The maximum absolute atomic E-state index is 6.12. The Bertz CT molecular complexity index is 1210. The average molecular weight is 444 g/mol. The minimum atomic E-state index is 0.293. The summed E-state index contributed by atoms with van der Waals surface area (Å²) in [5, 5.41) is 2.14. The van der Waals surface area contributed by atoms with E-state index in [0.29, 0.717) is 18.6 Å². The van der Waals surface area contributed by atoms with Crippen LogP contribution in [0.25, 0.3) is 22.2 Å². The first-order chi connectivity index (χ1) is 16.2. The molecule has 1 fully saturated rings. The number of pyridine rings is 1. The number of likely N-dealkylation sites (tertiary alicyclic amines) is 1. The lowest BCUT2D eigenvalue weighted by molar-refractivity contribution is -0.00427. The van der Waals surface area contributed by atoms with Crippen molar-refractivity contribution in [2.24, 2.45) is 0 Å². The van der Waals surface area contributed by atoms with Gasteiger partial charge in [0.05, 0.1) is 25.5 Å². The molecule has 2 aromatic carbocycles. The molecule has 0 saturated carbocycles. The van der Waals surface area contributed by atoms with E-state index in [2.05, 4.69) is 28.1 Å². The number of hydrogen-bond donors (Lipinski definition) is 0. The van der Waals surface area contributed by atoms with Crippen LogP contribution in [0, 0.1) is 6.92 Å². The quantitative estimate of drug-likeness (QED) is 0.382. The first kappa shape index (κ1) is 21.6. The summed E-state index contributed by atoms with van der Waals surface area (Å²) in [4.78, 5) is 11.5. The van der Waals surface area contributed by atoms with Crippen LogP contribution >= 0.6 is 0 Å². The Hall–Kier alpha value is -3.22. The summed E-state index contributed by atoms with van der Waals surface area (Å²) in [6.45, 7) is 5.40. The molecule has 0 amide bonds. The first-order valence-electron chi connectivity index (χ1n) is 11.5. The lowest BCUT2D eigenvalue weighted by Crippen LogP contribution is -2.36. The minimum Gasteiger partial charge on any atom is -0.496 e. The van der Waals surface area contributed by atoms with Gasteiger partial charge < -0.3 is 13.9 Å². The Kier molecular flexibility index (Phi) is 6.37. The molecule has 1 saturated heterocycles. The molecule has 5 rings (SSSR count). The molecule has 1 aliphatic heterocycles. The third-order valence-electron chi connectivity index (χ3n) is 6.34. The van der Waals surface area contributed by atoms with Crippen molar-refractivity contribution in [2.45, 2.75) is 39.0 Å². The molecule has 0 spiro atoms. The topological polar surface area (TPSA) is 60.6 Å². The molecule has 0 N–H and O–H groups in total. The first-order valence-corrected chi connectivity index (χ1v) is 11.5. The summed E-state index contributed by atoms with van der Waals surface area (Å²) in [5.74, 6) is 2.39. The zero-order valence-electron chi connectivity index (χ0n) is 19.2. The summed E-state index contributed by atoms with van der Waals surface area (Å²) < 4.78 is 17.8. The van der Waals surface area contributed by atoms with E-state index in [0.717, 1.165) is 71.6 Å². The van der Waals surface area contributed by atoms with Gasteiger partial charge in [-0.05, 0) is 48.9 Å². The van der Waals surface area contributed by atoms with E-state index in [1.165, 1.54) is 0 Å². The van der Waals surface area contributed by atoms with E-state index in [1.54, 1.807) is 13.3 Å². The third kappa shape index (κ3) is 4.77. The predicted octanol–water partition coefficient (Wildman–Crippen LogP) is 5.39. The van der Waals surface area contributed by atoms with Crippen molar-refractivity contribution < 1.29 is 13.9 Å². The second-order valence-electron chi connectivity index (χ2n) is 8.53. The van der Waals surface area contributed by atoms with E-state index in [1.807, 2.05) is 43.5 Å². The zero-order chi connectivity index (χ0) is 22.6. The number of methoxy groups -OCH3 is 1. The van der Waals surface area contributed by atoms with Crippen molar-refractivity contribution in [1.82, 2.24) is 14.9 Å². The van der Waals surface area contributed by atoms with Gasteiger partial charge in [0.1, 0.15) is 11.5 Å². The van der Waals surface area contributed by atoms with Crippen LogP contribution in [0.2, 0.25) is 0 Å². The molecule has 0 bridgehead atoms. The molecule has 1 aliphatic rings. The lowest BCUT2D eigenvalue weighted by atomic mass is 10.0. The smallest absolute Gasteiger partial charge is 0.227 e. The monoisotopic (exact) mass is 443 g/mol. The largest absolute Gasteiger partial charge is 0.496 e. The maximum Gasteiger partial charge on any atom is 0.227 e. The molecule has 6 heteroatoms. The average Bonchev–Trinajstić information content (AvgIpc) is 3.23. The molecule has 6 nitrogen and oxygen atoms in total. The molecule has 2 aromatic heterocycles. The highest BCUT2D eigenvalue weighted by atomic mass is 16.5. The van der Waals surface area contributed by atoms with Crippen molar-refractivity contribution in [3.8, 4) is 17.2 Å². The van der Waals surface area contributed by atoms with Crippen LogP contribution in [0.1, 0.15) is 29.9 Å².